The molecule has 3 nitrogen and oxygen atoms in total. The summed E-state index contributed by atoms with van der Waals surface area (Å²) in [6.07, 6.45) is 0.874. The number of nitrogens with two attached hydrogens (primary N) is 1. The second-order valence-electron chi connectivity index (χ2n) is 4.66. The van der Waals surface area contributed by atoms with Gasteiger partial charge in [-0.2, -0.15) is 0 Å². The maximum absolute atomic E-state index is 12.1. The third-order valence-corrected chi connectivity index (χ3v) is 3.72. The number of hydrogen-bond acceptors (Lipinski definition) is 2. The molecule has 1 unspecified atom stereocenters. The van der Waals surface area contributed by atoms with Crippen LogP contribution in [-0.4, -0.2) is 18.5 Å². The van der Waals surface area contributed by atoms with Gasteiger partial charge in [-0.05, 0) is 53.1 Å². The molecular weight excluding hydrogens is 363 g/mol. The van der Waals surface area contributed by atoms with Crippen LogP contribution < -0.4 is 11.1 Å². The molecule has 0 bridgehead atoms. The van der Waals surface area contributed by atoms with Crippen molar-refractivity contribution in [1.29, 1.82) is 0 Å². The Labute approximate surface area is 127 Å². The van der Waals surface area contributed by atoms with E-state index in [1.807, 2.05) is 6.07 Å². The molecule has 18 heavy (non-hydrogen) atoms. The van der Waals surface area contributed by atoms with E-state index in [4.69, 9.17) is 17.3 Å². The molecule has 1 aromatic carbocycles. The topological polar surface area (TPSA) is 55.1 Å². The summed E-state index contributed by atoms with van der Waals surface area (Å²) in [5, 5.41) is 3.52. The lowest BCUT2D eigenvalue weighted by molar-refractivity contribution is 0.0933. The van der Waals surface area contributed by atoms with Gasteiger partial charge < -0.3 is 11.1 Å². The van der Waals surface area contributed by atoms with Gasteiger partial charge in [-0.15, -0.1) is 0 Å². The molecule has 0 saturated carbocycles. The van der Waals surface area contributed by atoms with E-state index in [-0.39, 0.29) is 11.9 Å². The Morgan fingerprint density at radius 2 is 2.17 bits per heavy atom. The fraction of sp³-hybridized carbons (Fsp3) is 0.462. The lowest BCUT2D eigenvalue weighted by atomic mass is 10.0. The van der Waals surface area contributed by atoms with Gasteiger partial charge in [-0.3, -0.25) is 4.79 Å². The highest BCUT2D eigenvalue weighted by Gasteiger charge is 2.16. The van der Waals surface area contributed by atoms with Crippen molar-refractivity contribution in [2.45, 2.75) is 26.3 Å². The van der Waals surface area contributed by atoms with Crippen molar-refractivity contribution in [3.05, 3.63) is 32.4 Å². The number of halogens is 2. The first kappa shape index (κ1) is 15.7. The van der Waals surface area contributed by atoms with Gasteiger partial charge in [0.1, 0.15) is 0 Å². The van der Waals surface area contributed by atoms with E-state index in [0.29, 0.717) is 23.0 Å². The molecule has 0 heterocycles. The van der Waals surface area contributed by atoms with Crippen LogP contribution in [0, 0.1) is 9.49 Å². The Hall–Kier alpha value is -0.330. The Balaban J connectivity index is 2.77. The van der Waals surface area contributed by atoms with Gasteiger partial charge in [-0.25, -0.2) is 0 Å². The summed E-state index contributed by atoms with van der Waals surface area (Å²) < 4.78 is 0.884. The van der Waals surface area contributed by atoms with Crippen LogP contribution in [0.4, 0.5) is 0 Å². The molecule has 0 aliphatic rings. The summed E-state index contributed by atoms with van der Waals surface area (Å²) >= 11 is 8.03. The predicted octanol–water partition coefficient (Wildman–Crippen LogP) is 3.05. The molecule has 100 valence electrons. The third kappa shape index (κ3) is 4.74. The van der Waals surface area contributed by atoms with E-state index < -0.39 is 0 Å². The molecule has 0 aliphatic heterocycles. The maximum atomic E-state index is 12.1. The van der Waals surface area contributed by atoms with Crippen LogP contribution in [0.25, 0.3) is 0 Å². The van der Waals surface area contributed by atoms with Crippen molar-refractivity contribution in [2.24, 2.45) is 11.7 Å². The minimum Gasteiger partial charge on any atom is -0.348 e. The first-order chi connectivity index (χ1) is 8.43. The van der Waals surface area contributed by atoms with Crippen molar-refractivity contribution < 1.29 is 4.79 Å². The van der Waals surface area contributed by atoms with Crippen molar-refractivity contribution >= 4 is 40.1 Å². The predicted molar refractivity (Wildman–Crippen MR) is 83.9 cm³/mol. The van der Waals surface area contributed by atoms with E-state index in [9.17, 15) is 4.79 Å². The quantitative estimate of drug-likeness (QED) is 0.772. The van der Waals surface area contributed by atoms with E-state index in [0.717, 1.165) is 9.99 Å². The minimum atomic E-state index is -0.113. The first-order valence-corrected chi connectivity index (χ1v) is 7.35. The van der Waals surface area contributed by atoms with E-state index in [1.165, 1.54) is 0 Å². The average molecular weight is 381 g/mol. The van der Waals surface area contributed by atoms with Crippen LogP contribution in [0.3, 0.4) is 0 Å². The van der Waals surface area contributed by atoms with Gasteiger partial charge in [0.15, 0.2) is 0 Å². The van der Waals surface area contributed by atoms with E-state index in [2.05, 4.69) is 41.8 Å². The van der Waals surface area contributed by atoms with Crippen molar-refractivity contribution in [3.8, 4) is 0 Å². The van der Waals surface area contributed by atoms with Crippen LogP contribution in [0.2, 0.25) is 5.02 Å². The monoisotopic (exact) mass is 380 g/mol. The van der Waals surface area contributed by atoms with Gasteiger partial charge in [0.05, 0.1) is 5.56 Å². The fourth-order valence-corrected chi connectivity index (χ4v) is 2.47. The normalized spacial score (nSPS) is 12.6. The molecule has 5 heteroatoms. The van der Waals surface area contributed by atoms with E-state index in [1.54, 1.807) is 12.1 Å². The number of carbonyl (C=O) groups is 1. The third-order valence-electron chi connectivity index (χ3n) is 2.55. The van der Waals surface area contributed by atoms with Crippen LogP contribution in [0.1, 0.15) is 30.6 Å². The zero-order chi connectivity index (χ0) is 13.7. The highest BCUT2D eigenvalue weighted by molar-refractivity contribution is 14.1. The van der Waals surface area contributed by atoms with Gasteiger partial charge in [-0.1, -0.05) is 25.4 Å². The molecule has 1 rings (SSSR count). The molecule has 0 saturated heterocycles. The SMILES string of the molecule is CC(C)CC(CN)NC(=O)c1cc(Cl)ccc1I. The molecule has 1 atom stereocenters. The number of amides is 1. The maximum Gasteiger partial charge on any atom is 0.252 e. The second-order valence-corrected chi connectivity index (χ2v) is 6.26. The van der Waals surface area contributed by atoms with Crippen LogP contribution in [0.15, 0.2) is 18.2 Å². The van der Waals surface area contributed by atoms with E-state index >= 15 is 0 Å². The van der Waals surface area contributed by atoms with Gasteiger partial charge in [0, 0.05) is 21.2 Å². The highest BCUT2D eigenvalue weighted by Crippen LogP contribution is 2.18. The number of carbonyl (C=O) groups excluding carboxylic acids is 1. The molecule has 3 N–H and O–H groups in total. The molecule has 0 radical (unpaired) electrons. The fourth-order valence-electron chi connectivity index (χ4n) is 1.72. The summed E-state index contributed by atoms with van der Waals surface area (Å²) in [5.74, 6) is 0.385. The molecular formula is C13H18ClIN2O. The number of nitrogens with one attached hydrogen (secondary N) is 1. The Morgan fingerprint density at radius 1 is 1.50 bits per heavy atom. The molecule has 1 aromatic rings. The summed E-state index contributed by atoms with van der Waals surface area (Å²) in [5.41, 5.74) is 6.27. The van der Waals surface area contributed by atoms with Gasteiger partial charge in [0.2, 0.25) is 0 Å². The van der Waals surface area contributed by atoms with Crippen molar-refractivity contribution in [3.63, 3.8) is 0 Å². The standard InChI is InChI=1S/C13H18ClIN2O/c1-8(2)5-10(7-16)17-13(18)11-6-9(14)3-4-12(11)15/h3-4,6,8,10H,5,7,16H2,1-2H3,(H,17,18). The molecule has 1 amide bonds. The van der Waals surface area contributed by atoms with Gasteiger partial charge >= 0.3 is 0 Å². The highest BCUT2D eigenvalue weighted by atomic mass is 127. The largest absolute Gasteiger partial charge is 0.348 e. The van der Waals surface area contributed by atoms with Crippen LogP contribution in [0.5, 0.6) is 0 Å². The van der Waals surface area contributed by atoms with Crippen LogP contribution in [-0.2, 0) is 0 Å². The minimum absolute atomic E-state index is 0.00674. The summed E-state index contributed by atoms with van der Waals surface area (Å²) in [6, 6.07) is 5.29. The summed E-state index contributed by atoms with van der Waals surface area (Å²) in [7, 11) is 0. The Morgan fingerprint density at radius 3 is 2.72 bits per heavy atom. The van der Waals surface area contributed by atoms with Crippen molar-refractivity contribution in [1.82, 2.24) is 5.32 Å². The number of hydrogen-bond donors (Lipinski definition) is 2. The zero-order valence-electron chi connectivity index (χ0n) is 10.5. The Kier molecular flexibility index (Phi) is 6.38. The molecule has 0 aromatic heterocycles. The van der Waals surface area contributed by atoms with Crippen LogP contribution >= 0.6 is 34.2 Å². The molecule has 0 fully saturated rings. The summed E-state index contributed by atoms with van der Waals surface area (Å²) in [4.78, 5) is 12.1. The average Bonchev–Trinajstić information content (AvgIpc) is 2.30. The molecule has 0 aliphatic carbocycles. The number of rotatable bonds is 5. The smallest absolute Gasteiger partial charge is 0.252 e. The Bertz CT molecular complexity index is 423. The summed E-state index contributed by atoms with van der Waals surface area (Å²) in [6.45, 7) is 4.66. The van der Waals surface area contributed by atoms with Gasteiger partial charge in [0.25, 0.3) is 5.91 Å². The lowest BCUT2D eigenvalue weighted by Crippen LogP contribution is -2.41. The van der Waals surface area contributed by atoms with Crippen molar-refractivity contribution in [2.75, 3.05) is 6.54 Å². The second kappa shape index (κ2) is 7.31. The number of benzene rings is 1. The molecule has 0 spiro atoms. The first-order valence-electron chi connectivity index (χ1n) is 5.90. The lowest BCUT2D eigenvalue weighted by Gasteiger charge is -2.19. The zero-order valence-corrected chi connectivity index (χ0v) is 13.5.